The van der Waals surface area contributed by atoms with Crippen LogP contribution < -0.4 is 9.47 Å². The molecule has 0 aromatic heterocycles. The monoisotopic (exact) mass is 256 g/mol. The van der Waals surface area contributed by atoms with E-state index in [1.165, 1.54) is 19.2 Å². The Bertz CT molecular complexity index is 354. The lowest BCUT2D eigenvalue weighted by molar-refractivity contribution is -0.274. The fraction of sp³-hybridized carbons (Fsp3) is 0.333. The van der Waals surface area contributed by atoms with Crippen molar-refractivity contribution in [2.24, 2.45) is 0 Å². The van der Waals surface area contributed by atoms with E-state index in [0.29, 0.717) is 0 Å². The van der Waals surface area contributed by atoms with Crippen LogP contribution >= 0.6 is 11.6 Å². The van der Waals surface area contributed by atoms with Gasteiger partial charge in [0.25, 0.3) is 0 Å². The maximum absolute atomic E-state index is 12.0. The van der Waals surface area contributed by atoms with Gasteiger partial charge in [0.05, 0.1) is 0 Å². The highest BCUT2D eigenvalue weighted by Gasteiger charge is 2.32. The number of alkyl halides is 3. The molecule has 90 valence electrons. The van der Waals surface area contributed by atoms with Crippen molar-refractivity contribution >= 4 is 11.6 Å². The summed E-state index contributed by atoms with van der Waals surface area (Å²) in [6.07, 6.45) is -4.79. The Morgan fingerprint density at radius 2 is 1.88 bits per heavy atom. The first-order chi connectivity index (χ1) is 7.44. The van der Waals surface area contributed by atoms with Gasteiger partial charge >= 0.3 is 6.36 Å². The first kappa shape index (κ1) is 12.9. The van der Waals surface area contributed by atoms with Crippen molar-refractivity contribution < 1.29 is 27.4 Å². The van der Waals surface area contributed by atoms with Gasteiger partial charge in [0.15, 0.2) is 12.5 Å². The number of hydrogen-bond donors (Lipinski definition) is 0. The summed E-state index contributed by atoms with van der Waals surface area (Å²) in [5, 5.41) is -0.253. The summed E-state index contributed by atoms with van der Waals surface area (Å²) < 4.78 is 49.1. The molecule has 1 rings (SSSR count). The van der Waals surface area contributed by atoms with Crippen LogP contribution in [0, 0.1) is 0 Å². The molecule has 0 aliphatic rings. The number of methoxy groups -OCH3 is 1. The predicted octanol–water partition coefficient (Wildman–Crippen LogP) is 3.22. The zero-order chi connectivity index (χ0) is 12.2. The number of hydrogen-bond acceptors (Lipinski definition) is 3. The molecule has 1 aromatic carbocycles. The van der Waals surface area contributed by atoms with E-state index in [2.05, 4.69) is 9.47 Å². The topological polar surface area (TPSA) is 27.7 Å². The van der Waals surface area contributed by atoms with E-state index in [1.54, 1.807) is 0 Å². The van der Waals surface area contributed by atoms with Gasteiger partial charge in [-0.15, -0.1) is 13.2 Å². The number of halogens is 4. The Balaban J connectivity index is 2.86. The number of rotatable bonds is 4. The zero-order valence-corrected chi connectivity index (χ0v) is 8.93. The molecule has 0 fully saturated rings. The van der Waals surface area contributed by atoms with Crippen LogP contribution in [0.25, 0.3) is 0 Å². The molecule has 0 N–H and O–H groups in total. The summed E-state index contributed by atoms with van der Waals surface area (Å²) in [6, 6.07) is 3.83. The summed E-state index contributed by atoms with van der Waals surface area (Å²) in [5.41, 5.74) is 0. The Labute approximate surface area is 94.7 Å². The van der Waals surface area contributed by atoms with Gasteiger partial charge in [0.1, 0.15) is 10.8 Å². The first-order valence-electron chi connectivity index (χ1n) is 4.10. The molecule has 0 amide bonds. The third-order valence-electron chi connectivity index (χ3n) is 1.49. The van der Waals surface area contributed by atoms with Crippen molar-refractivity contribution in [1.82, 2.24) is 0 Å². The van der Waals surface area contributed by atoms with Crippen molar-refractivity contribution in [1.29, 1.82) is 0 Å². The molecule has 1 aromatic rings. The second-order valence-electron chi connectivity index (χ2n) is 2.67. The maximum Gasteiger partial charge on any atom is 0.573 e. The quantitative estimate of drug-likeness (QED) is 0.774. The van der Waals surface area contributed by atoms with Gasteiger partial charge in [-0.2, -0.15) is 0 Å². The van der Waals surface area contributed by atoms with Crippen LogP contribution in [0.15, 0.2) is 18.2 Å². The number of ether oxygens (including phenoxy) is 3. The van der Waals surface area contributed by atoms with Gasteiger partial charge in [-0.1, -0.05) is 17.7 Å². The molecule has 0 aliphatic carbocycles. The van der Waals surface area contributed by atoms with Crippen LogP contribution in [0.3, 0.4) is 0 Å². The van der Waals surface area contributed by atoms with E-state index < -0.39 is 12.1 Å². The fourth-order valence-corrected chi connectivity index (χ4v) is 1.15. The Hall–Kier alpha value is -1.14. The lowest BCUT2D eigenvalue weighted by Gasteiger charge is -2.12. The third kappa shape index (κ3) is 3.79. The van der Waals surface area contributed by atoms with E-state index in [0.717, 1.165) is 6.07 Å². The van der Waals surface area contributed by atoms with Gasteiger partial charge in [0.2, 0.25) is 0 Å². The van der Waals surface area contributed by atoms with E-state index in [4.69, 9.17) is 16.3 Å². The fourth-order valence-electron chi connectivity index (χ4n) is 0.928. The molecule has 3 nitrogen and oxygen atoms in total. The maximum atomic E-state index is 12.0. The zero-order valence-electron chi connectivity index (χ0n) is 8.18. The molecule has 0 unspecified atom stereocenters. The van der Waals surface area contributed by atoms with Crippen LogP contribution in [0.4, 0.5) is 13.2 Å². The average molecular weight is 257 g/mol. The van der Waals surface area contributed by atoms with Gasteiger partial charge < -0.3 is 14.2 Å². The van der Waals surface area contributed by atoms with Crippen LogP contribution in [0.2, 0.25) is 5.02 Å². The van der Waals surface area contributed by atoms with Crippen molar-refractivity contribution in [3.05, 3.63) is 23.2 Å². The summed E-state index contributed by atoms with van der Waals surface area (Å²) in [4.78, 5) is 0. The molecular weight excluding hydrogens is 249 g/mol. The SMILES string of the molecule is COCOc1cccc(OC(F)(F)F)c1Cl. The first-order valence-corrected chi connectivity index (χ1v) is 4.48. The van der Waals surface area contributed by atoms with Crippen molar-refractivity contribution in [3.8, 4) is 11.5 Å². The molecule has 0 atom stereocenters. The second kappa shape index (κ2) is 5.27. The average Bonchev–Trinajstić information content (AvgIpc) is 2.17. The summed E-state index contributed by atoms with van der Waals surface area (Å²) in [6.45, 7) is -0.116. The largest absolute Gasteiger partial charge is 0.573 e. The second-order valence-corrected chi connectivity index (χ2v) is 3.04. The van der Waals surface area contributed by atoms with E-state index in [1.807, 2.05) is 0 Å². The minimum atomic E-state index is -4.79. The van der Waals surface area contributed by atoms with E-state index in [-0.39, 0.29) is 17.6 Å². The number of benzene rings is 1. The standard InChI is InChI=1S/C9H8ClF3O3/c1-14-5-15-6-3-2-4-7(8(6)10)16-9(11,12)13/h2-4H,5H2,1H3. The minimum absolute atomic E-state index is 0.0604. The molecule has 0 aliphatic heterocycles. The Kier molecular flexibility index (Phi) is 4.26. The normalized spacial score (nSPS) is 11.3. The Morgan fingerprint density at radius 3 is 2.44 bits per heavy atom. The van der Waals surface area contributed by atoms with Gasteiger partial charge in [0, 0.05) is 7.11 Å². The Morgan fingerprint density at radius 1 is 1.25 bits per heavy atom. The summed E-state index contributed by atoms with van der Waals surface area (Å²) >= 11 is 5.65. The van der Waals surface area contributed by atoms with E-state index in [9.17, 15) is 13.2 Å². The van der Waals surface area contributed by atoms with Crippen molar-refractivity contribution in [3.63, 3.8) is 0 Å². The van der Waals surface area contributed by atoms with Crippen LogP contribution in [-0.2, 0) is 4.74 Å². The highest BCUT2D eigenvalue weighted by molar-refractivity contribution is 6.33. The highest BCUT2D eigenvalue weighted by Crippen LogP contribution is 2.36. The van der Waals surface area contributed by atoms with Gasteiger partial charge in [-0.05, 0) is 12.1 Å². The third-order valence-corrected chi connectivity index (χ3v) is 1.86. The van der Waals surface area contributed by atoms with Gasteiger partial charge in [-0.25, -0.2) is 0 Å². The molecule has 0 saturated heterocycles. The van der Waals surface area contributed by atoms with Gasteiger partial charge in [-0.3, -0.25) is 0 Å². The highest BCUT2D eigenvalue weighted by atomic mass is 35.5. The molecule has 0 spiro atoms. The lowest BCUT2D eigenvalue weighted by Crippen LogP contribution is -2.17. The van der Waals surface area contributed by atoms with Crippen LogP contribution in [0.1, 0.15) is 0 Å². The molecule has 0 heterocycles. The smallest absolute Gasteiger partial charge is 0.466 e. The molecule has 16 heavy (non-hydrogen) atoms. The summed E-state index contributed by atoms with van der Waals surface area (Å²) in [7, 11) is 1.38. The van der Waals surface area contributed by atoms with Crippen LogP contribution in [-0.4, -0.2) is 20.3 Å². The lowest BCUT2D eigenvalue weighted by atomic mass is 10.3. The molecule has 0 radical (unpaired) electrons. The van der Waals surface area contributed by atoms with E-state index >= 15 is 0 Å². The van der Waals surface area contributed by atoms with Crippen molar-refractivity contribution in [2.75, 3.05) is 13.9 Å². The molecule has 0 saturated carbocycles. The molecule has 7 heteroatoms. The van der Waals surface area contributed by atoms with Crippen LogP contribution in [0.5, 0.6) is 11.5 Å². The summed E-state index contributed by atoms with van der Waals surface area (Å²) in [5.74, 6) is -0.451. The predicted molar refractivity (Wildman–Crippen MR) is 50.6 cm³/mol. The molecular formula is C9H8ClF3O3. The minimum Gasteiger partial charge on any atom is -0.466 e. The molecule has 0 bridgehead atoms. The van der Waals surface area contributed by atoms with Crippen molar-refractivity contribution in [2.45, 2.75) is 6.36 Å².